The van der Waals surface area contributed by atoms with Crippen LogP contribution in [-0.4, -0.2) is 21.4 Å². The molecular formula is C9H10BrN3O. The molecule has 0 atom stereocenters. The van der Waals surface area contributed by atoms with Crippen molar-refractivity contribution in [3.8, 4) is 5.75 Å². The van der Waals surface area contributed by atoms with E-state index in [0.29, 0.717) is 13.1 Å². The molecule has 1 aromatic carbocycles. The van der Waals surface area contributed by atoms with Crippen molar-refractivity contribution in [2.45, 2.75) is 6.54 Å². The van der Waals surface area contributed by atoms with Crippen LogP contribution in [0.2, 0.25) is 0 Å². The predicted octanol–water partition coefficient (Wildman–Crippen LogP) is 1.46. The first-order valence-electron chi connectivity index (χ1n) is 4.28. The van der Waals surface area contributed by atoms with Gasteiger partial charge in [-0.25, -0.2) is 0 Å². The van der Waals surface area contributed by atoms with Crippen LogP contribution in [0.5, 0.6) is 5.75 Å². The van der Waals surface area contributed by atoms with Crippen molar-refractivity contribution in [2.24, 2.45) is 5.73 Å². The van der Waals surface area contributed by atoms with Crippen molar-refractivity contribution in [1.82, 2.24) is 9.78 Å². The van der Waals surface area contributed by atoms with E-state index in [4.69, 9.17) is 5.73 Å². The van der Waals surface area contributed by atoms with E-state index in [1.165, 1.54) is 0 Å². The first-order chi connectivity index (χ1) is 6.74. The van der Waals surface area contributed by atoms with Gasteiger partial charge in [-0.15, -0.1) is 0 Å². The quantitative estimate of drug-likeness (QED) is 0.855. The van der Waals surface area contributed by atoms with Gasteiger partial charge in [0.15, 0.2) is 0 Å². The Balaban J connectivity index is 2.68. The van der Waals surface area contributed by atoms with Crippen LogP contribution in [0.3, 0.4) is 0 Å². The largest absolute Gasteiger partial charge is 0.507 e. The molecule has 14 heavy (non-hydrogen) atoms. The first-order valence-corrected chi connectivity index (χ1v) is 5.07. The second-order valence-electron chi connectivity index (χ2n) is 2.97. The Bertz CT molecular complexity index is 466. The number of halogens is 1. The van der Waals surface area contributed by atoms with Gasteiger partial charge in [0, 0.05) is 6.54 Å². The highest BCUT2D eigenvalue weighted by atomic mass is 79.9. The van der Waals surface area contributed by atoms with Crippen molar-refractivity contribution in [3.63, 3.8) is 0 Å². The number of aromatic nitrogens is 2. The van der Waals surface area contributed by atoms with E-state index in [-0.39, 0.29) is 5.75 Å². The summed E-state index contributed by atoms with van der Waals surface area (Å²) >= 11 is 3.39. The second kappa shape index (κ2) is 3.59. The molecule has 1 aromatic heterocycles. The maximum atomic E-state index is 9.62. The van der Waals surface area contributed by atoms with Crippen LogP contribution in [0.25, 0.3) is 10.9 Å². The van der Waals surface area contributed by atoms with Crippen molar-refractivity contribution in [2.75, 3.05) is 6.54 Å². The van der Waals surface area contributed by atoms with Gasteiger partial charge in [0.05, 0.1) is 17.4 Å². The van der Waals surface area contributed by atoms with E-state index < -0.39 is 0 Å². The summed E-state index contributed by atoms with van der Waals surface area (Å²) in [5.41, 5.74) is 6.21. The van der Waals surface area contributed by atoms with Crippen molar-refractivity contribution in [3.05, 3.63) is 22.8 Å². The zero-order chi connectivity index (χ0) is 10.1. The topological polar surface area (TPSA) is 64.1 Å². The minimum atomic E-state index is 0.234. The fourth-order valence-corrected chi connectivity index (χ4v) is 2.06. The van der Waals surface area contributed by atoms with Gasteiger partial charge in [0.1, 0.15) is 10.4 Å². The maximum Gasteiger partial charge on any atom is 0.127 e. The van der Waals surface area contributed by atoms with E-state index in [0.717, 1.165) is 15.5 Å². The zero-order valence-corrected chi connectivity index (χ0v) is 9.03. The third kappa shape index (κ3) is 1.38. The molecule has 0 bridgehead atoms. The number of aromatic hydroxyl groups is 1. The van der Waals surface area contributed by atoms with Crippen LogP contribution in [0, 0.1) is 0 Å². The lowest BCUT2D eigenvalue weighted by Gasteiger charge is -1.98. The van der Waals surface area contributed by atoms with Crippen LogP contribution in [0.1, 0.15) is 0 Å². The SMILES string of the molecule is NCCn1nc2cccc(O)c2c1Br. The summed E-state index contributed by atoms with van der Waals surface area (Å²) in [6.45, 7) is 1.15. The lowest BCUT2D eigenvalue weighted by molar-refractivity contribution is 0.481. The molecule has 0 unspecified atom stereocenters. The summed E-state index contributed by atoms with van der Waals surface area (Å²) in [5.74, 6) is 0.234. The van der Waals surface area contributed by atoms with Gasteiger partial charge in [-0.2, -0.15) is 5.10 Å². The fourth-order valence-electron chi connectivity index (χ4n) is 1.40. The highest BCUT2D eigenvalue weighted by molar-refractivity contribution is 9.10. The van der Waals surface area contributed by atoms with E-state index >= 15 is 0 Å². The molecular weight excluding hydrogens is 246 g/mol. The Kier molecular flexibility index (Phi) is 2.43. The second-order valence-corrected chi connectivity index (χ2v) is 3.73. The van der Waals surface area contributed by atoms with Crippen molar-refractivity contribution >= 4 is 26.8 Å². The number of nitrogens with zero attached hydrogens (tertiary/aromatic N) is 2. The summed E-state index contributed by atoms with van der Waals surface area (Å²) in [7, 11) is 0. The van der Waals surface area contributed by atoms with Gasteiger partial charge in [-0.05, 0) is 28.1 Å². The number of phenols is 1. The summed E-state index contributed by atoms with van der Waals surface area (Å²) in [5, 5.41) is 14.6. The minimum absolute atomic E-state index is 0.234. The molecule has 0 amide bonds. The minimum Gasteiger partial charge on any atom is -0.507 e. The van der Waals surface area contributed by atoms with E-state index in [9.17, 15) is 5.11 Å². The molecule has 5 heteroatoms. The molecule has 0 aliphatic rings. The van der Waals surface area contributed by atoms with Gasteiger partial charge in [-0.3, -0.25) is 4.68 Å². The van der Waals surface area contributed by atoms with Gasteiger partial charge >= 0.3 is 0 Å². The molecule has 0 saturated heterocycles. The standard InChI is InChI=1S/C9H10BrN3O/c10-9-8-6(2-1-3-7(8)14)12-13(9)5-4-11/h1-3,14H,4-5,11H2. The Morgan fingerprint density at radius 2 is 2.29 bits per heavy atom. The molecule has 0 radical (unpaired) electrons. The molecule has 4 nitrogen and oxygen atoms in total. The van der Waals surface area contributed by atoms with E-state index in [1.54, 1.807) is 16.8 Å². The lowest BCUT2D eigenvalue weighted by atomic mass is 10.2. The maximum absolute atomic E-state index is 9.62. The van der Waals surface area contributed by atoms with Crippen LogP contribution in [-0.2, 0) is 6.54 Å². The third-order valence-electron chi connectivity index (χ3n) is 2.02. The molecule has 0 aliphatic heterocycles. The molecule has 0 fully saturated rings. The van der Waals surface area contributed by atoms with Gasteiger partial charge < -0.3 is 10.8 Å². The molecule has 3 N–H and O–H groups in total. The predicted molar refractivity (Wildman–Crippen MR) is 58.2 cm³/mol. The molecule has 0 saturated carbocycles. The van der Waals surface area contributed by atoms with Gasteiger partial charge in [0.2, 0.25) is 0 Å². The highest BCUT2D eigenvalue weighted by Gasteiger charge is 2.10. The Hall–Kier alpha value is -1.07. The van der Waals surface area contributed by atoms with Crippen LogP contribution < -0.4 is 5.73 Å². The number of hydrogen-bond donors (Lipinski definition) is 2. The molecule has 2 rings (SSSR count). The molecule has 74 valence electrons. The molecule has 2 aromatic rings. The third-order valence-corrected chi connectivity index (χ3v) is 2.83. The summed E-state index contributed by atoms with van der Waals surface area (Å²) in [6, 6.07) is 5.26. The number of fused-ring (bicyclic) bond motifs is 1. The zero-order valence-electron chi connectivity index (χ0n) is 7.44. The number of nitrogens with two attached hydrogens (primary N) is 1. The number of hydrogen-bond acceptors (Lipinski definition) is 3. The summed E-state index contributed by atoms with van der Waals surface area (Å²) in [6.07, 6.45) is 0. The van der Waals surface area contributed by atoms with E-state index in [2.05, 4.69) is 21.0 Å². The van der Waals surface area contributed by atoms with Crippen molar-refractivity contribution < 1.29 is 5.11 Å². The van der Waals surface area contributed by atoms with Gasteiger partial charge in [-0.1, -0.05) is 6.07 Å². The van der Waals surface area contributed by atoms with Crippen LogP contribution in [0.15, 0.2) is 22.8 Å². The Morgan fingerprint density at radius 1 is 1.50 bits per heavy atom. The highest BCUT2D eigenvalue weighted by Crippen LogP contribution is 2.30. The van der Waals surface area contributed by atoms with E-state index in [1.807, 2.05) is 6.07 Å². The lowest BCUT2D eigenvalue weighted by Crippen LogP contribution is -2.10. The number of phenolic OH excluding ortho intramolecular Hbond substituents is 1. The smallest absolute Gasteiger partial charge is 0.127 e. The Morgan fingerprint density at radius 3 is 2.93 bits per heavy atom. The van der Waals surface area contributed by atoms with Crippen LogP contribution in [0.4, 0.5) is 0 Å². The van der Waals surface area contributed by atoms with Crippen molar-refractivity contribution in [1.29, 1.82) is 0 Å². The van der Waals surface area contributed by atoms with Crippen LogP contribution >= 0.6 is 15.9 Å². The number of benzene rings is 1. The molecule has 1 heterocycles. The monoisotopic (exact) mass is 255 g/mol. The van der Waals surface area contributed by atoms with Gasteiger partial charge in [0.25, 0.3) is 0 Å². The average molecular weight is 256 g/mol. The molecule has 0 spiro atoms. The number of rotatable bonds is 2. The summed E-state index contributed by atoms with van der Waals surface area (Å²) < 4.78 is 2.51. The average Bonchev–Trinajstić information content (AvgIpc) is 2.46. The normalized spacial score (nSPS) is 11.0. The first kappa shape index (κ1) is 9.48. The fraction of sp³-hybridized carbons (Fsp3) is 0.222. The molecule has 0 aliphatic carbocycles. The Labute approximate surface area is 89.5 Å². The summed E-state index contributed by atoms with van der Waals surface area (Å²) in [4.78, 5) is 0.